The molecule has 1 fully saturated rings. The van der Waals surface area contributed by atoms with Crippen molar-refractivity contribution in [3.63, 3.8) is 0 Å². The first kappa shape index (κ1) is 14.1. The summed E-state index contributed by atoms with van der Waals surface area (Å²) in [5.74, 6) is -0.0747. The first-order valence-corrected chi connectivity index (χ1v) is 6.89. The Morgan fingerprint density at radius 3 is 2.63 bits per heavy atom. The minimum Gasteiger partial charge on any atom is -0.336 e. The van der Waals surface area contributed by atoms with Gasteiger partial charge < -0.3 is 9.88 Å². The number of aromatic nitrogens is 1. The van der Waals surface area contributed by atoms with Gasteiger partial charge in [0.05, 0.1) is 5.56 Å². The number of carbonyl (C=O) groups excluding carboxylic acids is 1. The number of hydrogen-bond donors (Lipinski definition) is 1. The maximum atomic E-state index is 12.3. The Bertz CT molecular complexity index is 507. The molecular formula is C13H18ClN3O2. The zero-order chi connectivity index (χ0) is 13.8. The summed E-state index contributed by atoms with van der Waals surface area (Å²) in [5, 5.41) is 0.0514. The number of halogens is 1. The van der Waals surface area contributed by atoms with E-state index in [-0.39, 0.29) is 16.5 Å². The Kier molecular flexibility index (Phi) is 4.61. The number of pyridine rings is 1. The van der Waals surface area contributed by atoms with Crippen molar-refractivity contribution in [2.75, 3.05) is 32.7 Å². The van der Waals surface area contributed by atoms with E-state index in [2.05, 4.69) is 16.8 Å². The minimum atomic E-state index is -0.369. The van der Waals surface area contributed by atoms with Crippen LogP contribution in [0.2, 0.25) is 5.02 Å². The van der Waals surface area contributed by atoms with E-state index < -0.39 is 0 Å². The molecule has 1 aliphatic rings. The molecule has 1 aliphatic heterocycles. The predicted molar refractivity (Wildman–Crippen MR) is 74.7 cm³/mol. The van der Waals surface area contributed by atoms with Crippen LogP contribution in [0, 0.1) is 0 Å². The van der Waals surface area contributed by atoms with Crippen LogP contribution in [-0.2, 0) is 0 Å². The summed E-state index contributed by atoms with van der Waals surface area (Å²) in [5.41, 5.74) is 0.0690. The fraction of sp³-hybridized carbons (Fsp3) is 0.538. The van der Waals surface area contributed by atoms with E-state index in [4.69, 9.17) is 11.6 Å². The number of rotatable bonds is 3. The molecule has 1 amide bonds. The molecule has 1 N–H and O–H groups in total. The number of piperazine rings is 1. The molecule has 6 heteroatoms. The number of hydrogen-bond acceptors (Lipinski definition) is 3. The molecule has 2 rings (SSSR count). The monoisotopic (exact) mass is 283 g/mol. The fourth-order valence-electron chi connectivity index (χ4n) is 2.25. The second-order valence-electron chi connectivity index (χ2n) is 4.70. The summed E-state index contributed by atoms with van der Waals surface area (Å²) in [4.78, 5) is 30.0. The Balaban J connectivity index is 2.01. The Labute approximate surface area is 117 Å². The number of aromatic amines is 1. The van der Waals surface area contributed by atoms with Gasteiger partial charge in [0, 0.05) is 32.4 Å². The largest absolute Gasteiger partial charge is 0.336 e. The molecule has 0 bridgehead atoms. The van der Waals surface area contributed by atoms with Crippen molar-refractivity contribution in [1.82, 2.24) is 14.8 Å². The molecule has 19 heavy (non-hydrogen) atoms. The van der Waals surface area contributed by atoms with Crippen molar-refractivity contribution in [3.05, 3.63) is 33.2 Å². The van der Waals surface area contributed by atoms with Crippen molar-refractivity contribution in [2.24, 2.45) is 0 Å². The van der Waals surface area contributed by atoms with Gasteiger partial charge >= 0.3 is 0 Å². The van der Waals surface area contributed by atoms with Crippen molar-refractivity contribution in [3.8, 4) is 0 Å². The third-order valence-corrected chi connectivity index (χ3v) is 3.58. The molecule has 0 aromatic carbocycles. The van der Waals surface area contributed by atoms with Crippen LogP contribution >= 0.6 is 11.6 Å². The molecule has 0 unspecified atom stereocenters. The van der Waals surface area contributed by atoms with Crippen LogP contribution in [0.3, 0.4) is 0 Å². The third kappa shape index (κ3) is 3.36. The summed E-state index contributed by atoms with van der Waals surface area (Å²) in [6, 6.07) is 1.43. The maximum Gasteiger partial charge on any atom is 0.266 e. The lowest BCUT2D eigenvalue weighted by molar-refractivity contribution is 0.0637. The van der Waals surface area contributed by atoms with Crippen molar-refractivity contribution in [1.29, 1.82) is 0 Å². The van der Waals surface area contributed by atoms with Crippen LogP contribution in [0.1, 0.15) is 23.7 Å². The highest BCUT2D eigenvalue weighted by Gasteiger charge is 2.22. The fourth-order valence-corrected chi connectivity index (χ4v) is 2.42. The van der Waals surface area contributed by atoms with Gasteiger partial charge in [-0.2, -0.15) is 0 Å². The number of carbonyl (C=O) groups is 1. The minimum absolute atomic E-state index is 0.0514. The number of amides is 1. The molecule has 0 aliphatic carbocycles. The molecule has 5 nitrogen and oxygen atoms in total. The SMILES string of the molecule is CCCN1CCN(C(=O)c2c[nH]c(=O)c(Cl)c2)CC1. The molecule has 2 heterocycles. The van der Waals surface area contributed by atoms with Gasteiger partial charge in [-0.3, -0.25) is 14.5 Å². The maximum absolute atomic E-state index is 12.3. The number of nitrogens with zero attached hydrogens (tertiary/aromatic N) is 2. The quantitative estimate of drug-likeness (QED) is 0.907. The van der Waals surface area contributed by atoms with Crippen molar-refractivity contribution >= 4 is 17.5 Å². The zero-order valence-corrected chi connectivity index (χ0v) is 11.7. The lowest BCUT2D eigenvalue weighted by Gasteiger charge is -2.34. The van der Waals surface area contributed by atoms with E-state index in [1.165, 1.54) is 12.3 Å². The van der Waals surface area contributed by atoms with Crippen LogP contribution in [0.5, 0.6) is 0 Å². The van der Waals surface area contributed by atoms with Gasteiger partial charge in [-0.05, 0) is 19.0 Å². The van der Waals surface area contributed by atoms with Gasteiger partial charge in [0.1, 0.15) is 5.02 Å². The molecule has 0 saturated carbocycles. The molecule has 1 aromatic rings. The number of nitrogens with one attached hydrogen (secondary N) is 1. The van der Waals surface area contributed by atoms with Crippen LogP contribution in [0.4, 0.5) is 0 Å². The summed E-state index contributed by atoms with van der Waals surface area (Å²) < 4.78 is 0. The van der Waals surface area contributed by atoms with Gasteiger partial charge in [0.25, 0.3) is 11.5 Å². The molecule has 0 radical (unpaired) electrons. The Morgan fingerprint density at radius 1 is 1.37 bits per heavy atom. The second-order valence-corrected chi connectivity index (χ2v) is 5.11. The number of H-pyrrole nitrogens is 1. The molecule has 1 aromatic heterocycles. The molecule has 1 saturated heterocycles. The van der Waals surface area contributed by atoms with Crippen LogP contribution in [-0.4, -0.2) is 53.4 Å². The molecule has 104 valence electrons. The van der Waals surface area contributed by atoms with E-state index >= 15 is 0 Å². The first-order chi connectivity index (χ1) is 9.11. The van der Waals surface area contributed by atoms with Crippen LogP contribution in [0.25, 0.3) is 0 Å². The first-order valence-electron chi connectivity index (χ1n) is 6.51. The predicted octanol–water partition coefficient (Wildman–Crippen LogP) is 1.20. The van der Waals surface area contributed by atoms with E-state index in [0.717, 1.165) is 39.1 Å². The highest BCUT2D eigenvalue weighted by atomic mass is 35.5. The normalized spacial score (nSPS) is 16.6. The third-order valence-electron chi connectivity index (χ3n) is 3.30. The van der Waals surface area contributed by atoms with Gasteiger partial charge in [0.15, 0.2) is 0 Å². The van der Waals surface area contributed by atoms with Crippen LogP contribution < -0.4 is 5.56 Å². The Hall–Kier alpha value is -1.33. The summed E-state index contributed by atoms with van der Waals surface area (Å²) in [6.07, 6.45) is 2.55. The molecular weight excluding hydrogens is 266 g/mol. The van der Waals surface area contributed by atoms with Gasteiger partial charge in [-0.25, -0.2) is 0 Å². The summed E-state index contributed by atoms with van der Waals surface area (Å²) in [7, 11) is 0. The van der Waals surface area contributed by atoms with Gasteiger partial charge in [-0.15, -0.1) is 0 Å². The van der Waals surface area contributed by atoms with Crippen molar-refractivity contribution < 1.29 is 4.79 Å². The van der Waals surface area contributed by atoms with E-state index in [1.54, 1.807) is 4.90 Å². The standard InChI is InChI=1S/C13H18ClN3O2/c1-2-3-16-4-6-17(7-5-16)13(19)10-8-11(14)12(18)15-9-10/h8-9H,2-7H2,1H3,(H,15,18). The lowest BCUT2D eigenvalue weighted by atomic mass is 10.2. The second kappa shape index (κ2) is 6.21. The molecule has 0 atom stereocenters. The lowest BCUT2D eigenvalue weighted by Crippen LogP contribution is -2.48. The van der Waals surface area contributed by atoms with Crippen LogP contribution in [0.15, 0.2) is 17.1 Å². The van der Waals surface area contributed by atoms with E-state index in [0.29, 0.717) is 5.56 Å². The highest BCUT2D eigenvalue weighted by Crippen LogP contribution is 2.10. The average molecular weight is 284 g/mol. The summed E-state index contributed by atoms with van der Waals surface area (Å²) >= 11 is 5.74. The zero-order valence-electron chi connectivity index (χ0n) is 11.0. The summed E-state index contributed by atoms with van der Waals surface area (Å²) in [6.45, 7) is 6.46. The average Bonchev–Trinajstić information content (AvgIpc) is 2.42. The molecule has 0 spiro atoms. The Morgan fingerprint density at radius 2 is 2.05 bits per heavy atom. The topological polar surface area (TPSA) is 56.4 Å². The highest BCUT2D eigenvalue weighted by molar-refractivity contribution is 6.30. The smallest absolute Gasteiger partial charge is 0.266 e. The van der Waals surface area contributed by atoms with E-state index in [9.17, 15) is 9.59 Å². The van der Waals surface area contributed by atoms with Crippen molar-refractivity contribution in [2.45, 2.75) is 13.3 Å². The van der Waals surface area contributed by atoms with Gasteiger partial charge in [0.2, 0.25) is 0 Å². The van der Waals surface area contributed by atoms with E-state index in [1.807, 2.05) is 0 Å². The van der Waals surface area contributed by atoms with Gasteiger partial charge in [-0.1, -0.05) is 18.5 Å².